The summed E-state index contributed by atoms with van der Waals surface area (Å²) in [5.74, 6) is -2.80. The maximum Gasteiger partial charge on any atom is 0.449 e. The number of halogens is 5. The van der Waals surface area contributed by atoms with Gasteiger partial charge >= 0.3 is 12.1 Å². The molecule has 10 heteroatoms. The van der Waals surface area contributed by atoms with Crippen molar-refractivity contribution >= 4 is 46.0 Å². The van der Waals surface area contributed by atoms with Crippen molar-refractivity contribution in [3.05, 3.63) is 63.9 Å². The monoisotopic (exact) mass is 430 g/mol. The molecule has 1 aromatic heterocycles. The Morgan fingerprint density at radius 2 is 1.79 bits per heavy atom. The highest BCUT2D eigenvalue weighted by Gasteiger charge is 2.38. The van der Waals surface area contributed by atoms with Gasteiger partial charge < -0.3 is 9.30 Å². The number of fused-ring (bicyclic) bond motifs is 1. The quantitative estimate of drug-likeness (QED) is 0.431. The fourth-order valence-electron chi connectivity index (χ4n) is 2.53. The molecule has 3 aromatic rings. The second-order valence-electron chi connectivity index (χ2n) is 5.72. The Kier molecular flexibility index (Phi) is 5.62. The van der Waals surface area contributed by atoms with E-state index in [-0.39, 0.29) is 26.6 Å². The molecule has 2 aromatic carbocycles. The first-order valence-electron chi connectivity index (χ1n) is 7.83. The fraction of sp³-hybridized carbons (Fsp3) is 0.167. The van der Waals surface area contributed by atoms with Gasteiger partial charge in [-0.2, -0.15) is 13.2 Å². The summed E-state index contributed by atoms with van der Waals surface area (Å²) in [6, 6.07) is 9.99. The summed E-state index contributed by atoms with van der Waals surface area (Å²) in [7, 11) is 0. The zero-order valence-electron chi connectivity index (χ0n) is 14.0. The molecular weight excluding hydrogens is 420 g/mol. The second-order valence-corrected chi connectivity index (χ2v) is 6.54. The number of para-hydroxylation sites is 2. The number of rotatable bonds is 5. The topological polar surface area (TPSA) is 61.2 Å². The van der Waals surface area contributed by atoms with Crippen LogP contribution in [0.5, 0.6) is 0 Å². The first-order valence-corrected chi connectivity index (χ1v) is 8.59. The second kappa shape index (κ2) is 7.81. The van der Waals surface area contributed by atoms with Gasteiger partial charge in [0.2, 0.25) is 5.82 Å². The number of nitrogens with zero attached hydrogens (tertiary/aromatic N) is 2. The summed E-state index contributed by atoms with van der Waals surface area (Å²) in [5.41, 5.74) is 0.378. The molecule has 0 aliphatic carbocycles. The number of Topliss-reactive ketones (excluding diaryl/α,β-unsaturated/α-hetero) is 1. The van der Waals surface area contributed by atoms with E-state index in [2.05, 4.69) is 4.98 Å². The summed E-state index contributed by atoms with van der Waals surface area (Å²) in [6.07, 6.45) is -4.75. The molecule has 0 bridgehead atoms. The molecule has 28 heavy (non-hydrogen) atoms. The van der Waals surface area contributed by atoms with Crippen LogP contribution in [0.15, 0.2) is 42.5 Å². The lowest BCUT2D eigenvalue weighted by Crippen LogP contribution is -2.22. The van der Waals surface area contributed by atoms with Gasteiger partial charge in [0.1, 0.15) is 6.54 Å². The van der Waals surface area contributed by atoms with Crippen molar-refractivity contribution in [1.29, 1.82) is 0 Å². The van der Waals surface area contributed by atoms with Crippen LogP contribution < -0.4 is 0 Å². The number of aromatic nitrogens is 2. The van der Waals surface area contributed by atoms with E-state index in [1.54, 1.807) is 0 Å². The van der Waals surface area contributed by atoms with E-state index in [1.807, 2.05) is 0 Å². The first kappa shape index (κ1) is 20.2. The summed E-state index contributed by atoms with van der Waals surface area (Å²) in [5, 5.41) is 0.403. The lowest BCUT2D eigenvalue weighted by atomic mass is 10.1. The molecule has 0 radical (unpaired) electrons. The molecule has 0 spiro atoms. The average molecular weight is 431 g/mol. The van der Waals surface area contributed by atoms with Crippen molar-refractivity contribution in [2.45, 2.75) is 12.7 Å². The molecule has 0 N–H and O–H groups in total. The summed E-state index contributed by atoms with van der Waals surface area (Å²) < 4.78 is 45.2. The van der Waals surface area contributed by atoms with Gasteiger partial charge in [0.15, 0.2) is 12.4 Å². The molecule has 0 saturated heterocycles. The number of alkyl halides is 3. The summed E-state index contributed by atoms with van der Waals surface area (Å²) in [6.45, 7) is -1.39. The predicted molar refractivity (Wildman–Crippen MR) is 96.5 cm³/mol. The van der Waals surface area contributed by atoms with E-state index in [1.165, 1.54) is 42.5 Å². The lowest BCUT2D eigenvalue weighted by molar-refractivity contribution is -0.150. The molecule has 0 fully saturated rings. The predicted octanol–water partition coefficient (Wildman–Crippen LogP) is 4.79. The van der Waals surface area contributed by atoms with Crippen LogP contribution in [0.4, 0.5) is 13.2 Å². The minimum atomic E-state index is -4.75. The molecule has 5 nitrogen and oxygen atoms in total. The maximum atomic E-state index is 13.2. The molecule has 146 valence electrons. The van der Waals surface area contributed by atoms with Gasteiger partial charge in [-0.15, -0.1) is 0 Å². The molecular formula is C18H11Cl2F3N2O3. The highest BCUT2D eigenvalue weighted by molar-refractivity contribution is 6.42. The van der Waals surface area contributed by atoms with Gasteiger partial charge in [0.05, 0.1) is 21.1 Å². The van der Waals surface area contributed by atoms with Crippen molar-refractivity contribution in [2.75, 3.05) is 6.61 Å². The number of carbonyl (C=O) groups excluding carboxylic acids is 2. The fourth-order valence-corrected chi connectivity index (χ4v) is 2.82. The lowest BCUT2D eigenvalue weighted by Gasteiger charge is -2.11. The van der Waals surface area contributed by atoms with E-state index in [4.69, 9.17) is 27.9 Å². The van der Waals surface area contributed by atoms with E-state index < -0.39 is 36.9 Å². The van der Waals surface area contributed by atoms with Crippen molar-refractivity contribution in [2.24, 2.45) is 0 Å². The van der Waals surface area contributed by atoms with Gasteiger partial charge in [0.25, 0.3) is 0 Å². The van der Waals surface area contributed by atoms with Crippen LogP contribution in [0.3, 0.4) is 0 Å². The molecule has 3 rings (SSSR count). The summed E-state index contributed by atoms with van der Waals surface area (Å²) in [4.78, 5) is 27.7. The van der Waals surface area contributed by atoms with Crippen LogP contribution in [-0.4, -0.2) is 27.9 Å². The molecule has 0 aliphatic rings. The number of benzene rings is 2. The van der Waals surface area contributed by atoms with Gasteiger partial charge in [0, 0.05) is 5.56 Å². The van der Waals surface area contributed by atoms with E-state index in [0.29, 0.717) is 4.57 Å². The smallest absolute Gasteiger partial charge is 0.449 e. The number of ketones is 1. The van der Waals surface area contributed by atoms with Crippen LogP contribution in [0.2, 0.25) is 10.0 Å². The molecule has 1 heterocycles. The van der Waals surface area contributed by atoms with Gasteiger partial charge in [-0.1, -0.05) is 35.3 Å². The number of esters is 1. The third kappa shape index (κ3) is 4.28. The number of imidazole rings is 1. The van der Waals surface area contributed by atoms with Crippen LogP contribution in [0.1, 0.15) is 16.2 Å². The zero-order valence-corrected chi connectivity index (χ0v) is 15.5. The van der Waals surface area contributed by atoms with Crippen LogP contribution in [0.25, 0.3) is 11.0 Å². The largest absolute Gasteiger partial charge is 0.456 e. The highest BCUT2D eigenvalue weighted by Crippen LogP contribution is 2.31. The van der Waals surface area contributed by atoms with E-state index in [0.717, 1.165) is 0 Å². The zero-order chi connectivity index (χ0) is 20.5. The Morgan fingerprint density at radius 1 is 1.07 bits per heavy atom. The van der Waals surface area contributed by atoms with Crippen molar-refractivity contribution in [3.63, 3.8) is 0 Å². The van der Waals surface area contributed by atoms with Gasteiger partial charge in [-0.25, -0.2) is 4.98 Å². The Hall–Kier alpha value is -2.58. The minimum absolute atomic E-state index is 0.0921. The van der Waals surface area contributed by atoms with Crippen molar-refractivity contribution in [1.82, 2.24) is 9.55 Å². The first-order chi connectivity index (χ1) is 13.2. The van der Waals surface area contributed by atoms with E-state index in [9.17, 15) is 22.8 Å². The number of hydrogen-bond donors (Lipinski definition) is 0. The Bertz CT molecular complexity index is 1060. The van der Waals surface area contributed by atoms with Gasteiger partial charge in [-0.3, -0.25) is 9.59 Å². The molecule has 0 saturated carbocycles. The average Bonchev–Trinajstić information content (AvgIpc) is 3.01. The number of hydrogen-bond acceptors (Lipinski definition) is 4. The Labute approximate surface area is 166 Å². The Balaban J connectivity index is 1.74. The number of ether oxygens (including phenoxy) is 1. The highest BCUT2D eigenvalue weighted by atomic mass is 35.5. The van der Waals surface area contributed by atoms with Crippen molar-refractivity contribution in [3.8, 4) is 0 Å². The van der Waals surface area contributed by atoms with Crippen LogP contribution in [-0.2, 0) is 22.3 Å². The van der Waals surface area contributed by atoms with Crippen LogP contribution >= 0.6 is 23.2 Å². The molecule has 0 amide bonds. The van der Waals surface area contributed by atoms with Gasteiger partial charge in [-0.05, 0) is 30.3 Å². The van der Waals surface area contributed by atoms with E-state index >= 15 is 0 Å². The molecule has 0 atom stereocenters. The van der Waals surface area contributed by atoms with Crippen LogP contribution in [0, 0.1) is 0 Å². The maximum absolute atomic E-state index is 13.2. The molecule has 0 unspecified atom stereocenters. The SMILES string of the molecule is O=C(Cn1c(C(F)(F)F)nc2ccccc21)OCC(=O)c1ccc(Cl)c(Cl)c1. The van der Waals surface area contributed by atoms with Crippen molar-refractivity contribution < 1.29 is 27.5 Å². The third-order valence-electron chi connectivity index (χ3n) is 3.80. The standard InChI is InChI=1S/C18H11Cl2F3N2O3/c19-11-6-5-10(7-12(11)20)15(26)9-28-16(27)8-25-14-4-2-1-3-13(14)24-17(25)18(21,22)23/h1-7H,8-9H2. The number of carbonyl (C=O) groups is 2. The normalized spacial score (nSPS) is 11.6. The molecule has 0 aliphatic heterocycles. The Morgan fingerprint density at radius 3 is 2.46 bits per heavy atom. The minimum Gasteiger partial charge on any atom is -0.456 e. The summed E-state index contributed by atoms with van der Waals surface area (Å²) >= 11 is 11.6. The third-order valence-corrected chi connectivity index (χ3v) is 4.54.